The Hall–Kier alpha value is -1.61. The molecule has 0 saturated carbocycles. The molecule has 0 spiro atoms. The molecule has 0 bridgehead atoms. The Labute approximate surface area is 138 Å². The Balaban J connectivity index is 2.42. The zero-order chi connectivity index (χ0) is 16.9. The summed E-state index contributed by atoms with van der Waals surface area (Å²) in [4.78, 5) is 12.5. The van der Waals surface area contributed by atoms with Crippen LogP contribution in [0.15, 0.2) is 60.7 Å². The summed E-state index contributed by atoms with van der Waals surface area (Å²) in [6.45, 7) is 3.75. The van der Waals surface area contributed by atoms with Crippen LogP contribution in [0.25, 0.3) is 0 Å². The number of anilines is 1. The largest absolute Gasteiger partial charge is 0.357 e. The molecule has 0 aliphatic rings. The standard InChI is InChI=1S/C18H24NO3P/c1-4-15(2)22-23(20,21)18(16-11-7-5-8-12-16)19(3)17-13-9-6-10-14-17/h5-15,18H,4H2,1-3H3,(H,20,21). The number of para-hydroxylation sites is 1. The average Bonchev–Trinajstić information content (AvgIpc) is 2.56. The fraction of sp³-hybridized carbons (Fsp3) is 0.333. The summed E-state index contributed by atoms with van der Waals surface area (Å²) in [5.41, 5.74) is 1.62. The Bertz CT molecular complexity index is 648. The van der Waals surface area contributed by atoms with Crippen LogP contribution >= 0.6 is 7.60 Å². The van der Waals surface area contributed by atoms with Crippen LogP contribution in [-0.4, -0.2) is 18.0 Å². The van der Waals surface area contributed by atoms with E-state index in [0.29, 0.717) is 6.42 Å². The third-order valence-corrected chi connectivity index (χ3v) is 5.77. The topological polar surface area (TPSA) is 49.8 Å². The quantitative estimate of drug-likeness (QED) is 0.738. The highest BCUT2D eigenvalue weighted by Gasteiger charge is 2.38. The number of hydrogen-bond donors (Lipinski definition) is 1. The van der Waals surface area contributed by atoms with Crippen molar-refractivity contribution in [2.45, 2.75) is 32.2 Å². The lowest BCUT2D eigenvalue weighted by atomic mass is 10.2. The van der Waals surface area contributed by atoms with E-state index in [1.54, 1.807) is 4.90 Å². The van der Waals surface area contributed by atoms with E-state index in [1.807, 2.05) is 81.6 Å². The maximum Gasteiger partial charge on any atom is 0.355 e. The number of benzene rings is 2. The van der Waals surface area contributed by atoms with E-state index in [0.717, 1.165) is 11.3 Å². The van der Waals surface area contributed by atoms with Crippen molar-refractivity contribution in [1.29, 1.82) is 0 Å². The van der Waals surface area contributed by atoms with Crippen molar-refractivity contribution in [3.63, 3.8) is 0 Å². The molecule has 0 aromatic heterocycles. The lowest BCUT2D eigenvalue weighted by molar-refractivity contribution is 0.179. The van der Waals surface area contributed by atoms with Gasteiger partial charge in [0, 0.05) is 12.7 Å². The molecule has 5 heteroatoms. The summed E-state index contributed by atoms with van der Waals surface area (Å²) >= 11 is 0. The van der Waals surface area contributed by atoms with Crippen molar-refractivity contribution in [2.75, 3.05) is 11.9 Å². The first kappa shape index (κ1) is 17.7. The molecular formula is C18H24NO3P. The smallest absolute Gasteiger partial charge is 0.355 e. The number of nitrogens with zero attached hydrogens (tertiary/aromatic N) is 1. The Morgan fingerprint density at radius 3 is 2.13 bits per heavy atom. The Kier molecular flexibility index (Phi) is 6.00. The molecule has 1 N–H and O–H groups in total. The molecule has 3 unspecified atom stereocenters. The maximum absolute atomic E-state index is 13.0. The van der Waals surface area contributed by atoms with Crippen molar-refractivity contribution in [1.82, 2.24) is 0 Å². The molecule has 0 radical (unpaired) electrons. The third kappa shape index (κ3) is 4.44. The minimum Gasteiger partial charge on any atom is -0.357 e. The first-order valence-electron chi connectivity index (χ1n) is 7.79. The molecule has 0 fully saturated rings. The molecule has 124 valence electrons. The van der Waals surface area contributed by atoms with Crippen LogP contribution in [-0.2, 0) is 9.09 Å². The summed E-state index contributed by atoms with van der Waals surface area (Å²) < 4.78 is 18.5. The minimum absolute atomic E-state index is 0.277. The van der Waals surface area contributed by atoms with Gasteiger partial charge in [0.2, 0.25) is 0 Å². The van der Waals surface area contributed by atoms with E-state index in [2.05, 4.69) is 0 Å². The van der Waals surface area contributed by atoms with E-state index >= 15 is 0 Å². The SMILES string of the molecule is CCC(C)OP(=O)(O)C(c1ccccc1)N(C)c1ccccc1. The van der Waals surface area contributed by atoms with Crippen molar-refractivity contribution >= 4 is 13.3 Å². The molecular weight excluding hydrogens is 309 g/mol. The van der Waals surface area contributed by atoms with Gasteiger partial charge in [-0.3, -0.25) is 4.57 Å². The van der Waals surface area contributed by atoms with Gasteiger partial charge in [-0.2, -0.15) is 0 Å². The van der Waals surface area contributed by atoms with Gasteiger partial charge in [-0.1, -0.05) is 55.5 Å². The van der Waals surface area contributed by atoms with E-state index in [-0.39, 0.29) is 6.10 Å². The second-order valence-electron chi connectivity index (χ2n) is 5.62. The van der Waals surface area contributed by atoms with Crippen LogP contribution in [0.1, 0.15) is 31.6 Å². The van der Waals surface area contributed by atoms with Crippen LogP contribution in [0.4, 0.5) is 5.69 Å². The van der Waals surface area contributed by atoms with Gasteiger partial charge >= 0.3 is 7.60 Å². The van der Waals surface area contributed by atoms with E-state index in [1.165, 1.54) is 0 Å². The summed E-state index contributed by atoms with van der Waals surface area (Å²) in [6.07, 6.45) is 0.405. The summed E-state index contributed by atoms with van der Waals surface area (Å²) in [6, 6.07) is 18.9. The Morgan fingerprint density at radius 1 is 1.09 bits per heavy atom. The lowest BCUT2D eigenvalue weighted by Crippen LogP contribution is -2.26. The van der Waals surface area contributed by atoms with E-state index in [9.17, 15) is 9.46 Å². The highest BCUT2D eigenvalue weighted by molar-refractivity contribution is 7.53. The Morgan fingerprint density at radius 2 is 1.61 bits per heavy atom. The fourth-order valence-electron chi connectivity index (χ4n) is 2.45. The number of rotatable bonds is 7. The molecule has 0 heterocycles. The summed E-state index contributed by atoms with van der Waals surface area (Å²) in [5, 5.41) is 0. The van der Waals surface area contributed by atoms with Crippen LogP contribution in [0.2, 0.25) is 0 Å². The van der Waals surface area contributed by atoms with Gasteiger partial charge in [-0.25, -0.2) is 0 Å². The van der Waals surface area contributed by atoms with Crippen LogP contribution in [0, 0.1) is 0 Å². The van der Waals surface area contributed by atoms with Crippen molar-refractivity contribution in [3.8, 4) is 0 Å². The molecule has 0 saturated heterocycles. The molecule has 4 nitrogen and oxygen atoms in total. The predicted octanol–water partition coefficient (Wildman–Crippen LogP) is 4.82. The van der Waals surface area contributed by atoms with Gasteiger partial charge in [0.15, 0.2) is 5.78 Å². The minimum atomic E-state index is -3.89. The van der Waals surface area contributed by atoms with Crippen LogP contribution < -0.4 is 4.90 Å². The fourth-order valence-corrected chi connectivity index (χ4v) is 4.35. The highest BCUT2D eigenvalue weighted by Crippen LogP contribution is 2.59. The average molecular weight is 333 g/mol. The maximum atomic E-state index is 13.0. The first-order chi connectivity index (χ1) is 11.0. The van der Waals surface area contributed by atoms with Gasteiger partial charge in [-0.15, -0.1) is 0 Å². The van der Waals surface area contributed by atoms with E-state index in [4.69, 9.17) is 4.52 Å². The first-order valence-corrected chi connectivity index (χ1v) is 9.44. The van der Waals surface area contributed by atoms with Gasteiger partial charge in [0.1, 0.15) is 0 Å². The second kappa shape index (κ2) is 7.78. The highest BCUT2D eigenvalue weighted by atomic mass is 31.2. The third-order valence-electron chi connectivity index (χ3n) is 3.84. The van der Waals surface area contributed by atoms with Crippen molar-refractivity contribution in [2.24, 2.45) is 0 Å². The molecule has 0 amide bonds. The zero-order valence-corrected chi connectivity index (χ0v) is 14.7. The predicted molar refractivity (Wildman–Crippen MR) is 94.7 cm³/mol. The van der Waals surface area contributed by atoms with Gasteiger partial charge < -0.3 is 14.3 Å². The van der Waals surface area contributed by atoms with Crippen molar-refractivity contribution in [3.05, 3.63) is 66.2 Å². The molecule has 2 aromatic rings. The lowest BCUT2D eigenvalue weighted by Gasteiger charge is -2.34. The normalized spacial score (nSPS) is 16.3. The van der Waals surface area contributed by atoms with Crippen LogP contribution in [0.3, 0.4) is 0 Å². The summed E-state index contributed by atoms with van der Waals surface area (Å²) in [5.74, 6) is -0.750. The molecule has 23 heavy (non-hydrogen) atoms. The van der Waals surface area contributed by atoms with Gasteiger partial charge in [0.25, 0.3) is 0 Å². The zero-order valence-electron chi connectivity index (χ0n) is 13.8. The number of hydrogen-bond acceptors (Lipinski definition) is 3. The molecule has 0 aliphatic carbocycles. The van der Waals surface area contributed by atoms with E-state index < -0.39 is 13.4 Å². The summed E-state index contributed by atoms with van der Waals surface area (Å²) in [7, 11) is -2.08. The molecule has 2 aromatic carbocycles. The molecule has 0 aliphatic heterocycles. The van der Waals surface area contributed by atoms with Gasteiger partial charge in [0.05, 0.1) is 6.10 Å². The second-order valence-corrected chi connectivity index (χ2v) is 7.45. The van der Waals surface area contributed by atoms with Crippen LogP contribution in [0.5, 0.6) is 0 Å². The monoisotopic (exact) mass is 333 g/mol. The van der Waals surface area contributed by atoms with Gasteiger partial charge in [-0.05, 0) is 31.0 Å². The van der Waals surface area contributed by atoms with Crippen molar-refractivity contribution < 1.29 is 14.0 Å². The molecule has 3 atom stereocenters. The molecule has 2 rings (SSSR count).